The molecule has 2 rings (SSSR count). The van der Waals surface area contributed by atoms with E-state index in [0.29, 0.717) is 31.5 Å². The molecule has 0 aromatic carbocycles. The van der Waals surface area contributed by atoms with Crippen LogP contribution in [0, 0.1) is 5.92 Å². The van der Waals surface area contributed by atoms with Gasteiger partial charge in [-0.3, -0.25) is 14.5 Å². The maximum Gasteiger partial charge on any atom is 0.320 e. The molecule has 1 aliphatic carbocycles. The van der Waals surface area contributed by atoms with Crippen molar-refractivity contribution < 1.29 is 14.7 Å². The first-order chi connectivity index (χ1) is 9.13. The third-order valence-electron chi connectivity index (χ3n) is 4.48. The van der Waals surface area contributed by atoms with Crippen LogP contribution in [0.5, 0.6) is 0 Å². The van der Waals surface area contributed by atoms with Crippen molar-refractivity contribution in [3.8, 4) is 0 Å². The molecule has 0 aromatic heterocycles. The predicted octanol–water partition coefficient (Wildman–Crippen LogP) is 1.23. The highest BCUT2D eigenvalue weighted by Crippen LogP contribution is 2.39. The average Bonchev–Trinajstić information content (AvgIpc) is 2.75. The van der Waals surface area contributed by atoms with E-state index >= 15 is 0 Å². The van der Waals surface area contributed by atoms with Crippen LogP contribution in [0.2, 0.25) is 0 Å². The van der Waals surface area contributed by atoms with E-state index < -0.39 is 5.97 Å². The minimum atomic E-state index is -0.731. The summed E-state index contributed by atoms with van der Waals surface area (Å²) in [6.07, 6.45) is 5.80. The van der Waals surface area contributed by atoms with E-state index in [1.807, 2.05) is 6.92 Å². The second-order valence-electron chi connectivity index (χ2n) is 5.64. The fraction of sp³-hybridized carbons (Fsp3) is 0.857. The van der Waals surface area contributed by atoms with Crippen LogP contribution >= 0.6 is 0 Å². The Hall–Kier alpha value is -1.10. The average molecular weight is 268 g/mol. The summed E-state index contributed by atoms with van der Waals surface area (Å²) in [5.41, 5.74) is 0. The maximum atomic E-state index is 11.6. The number of rotatable bonds is 5. The Balaban J connectivity index is 1.97. The van der Waals surface area contributed by atoms with Gasteiger partial charge in [0, 0.05) is 25.6 Å². The maximum absolute atomic E-state index is 11.6. The summed E-state index contributed by atoms with van der Waals surface area (Å²) in [6.45, 7) is 3.10. The minimum Gasteiger partial charge on any atom is -0.480 e. The Kier molecular flexibility index (Phi) is 4.80. The van der Waals surface area contributed by atoms with Gasteiger partial charge in [-0.2, -0.15) is 0 Å². The summed E-state index contributed by atoms with van der Waals surface area (Å²) >= 11 is 0. The van der Waals surface area contributed by atoms with Gasteiger partial charge in [0.2, 0.25) is 5.91 Å². The molecule has 0 bridgehead atoms. The highest BCUT2D eigenvalue weighted by Gasteiger charge is 2.44. The highest BCUT2D eigenvalue weighted by atomic mass is 16.4. The topological polar surface area (TPSA) is 69.6 Å². The Labute approximate surface area is 114 Å². The lowest BCUT2D eigenvalue weighted by Gasteiger charge is -2.32. The van der Waals surface area contributed by atoms with Gasteiger partial charge in [0.15, 0.2) is 0 Å². The molecule has 3 atom stereocenters. The number of carboxylic acids is 1. The van der Waals surface area contributed by atoms with Crippen LogP contribution in [0.3, 0.4) is 0 Å². The molecular weight excluding hydrogens is 244 g/mol. The first kappa shape index (κ1) is 14.3. The number of hydrogen-bond donors (Lipinski definition) is 2. The van der Waals surface area contributed by atoms with E-state index in [4.69, 9.17) is 0 Å². The lowest BCUT2D eigenvalue weighted by molar-refractivity contribution is -0.143. The van der Waals surface area contributed by atoms with Gasteiger partial charge in [0.25, 0.3) is 0 Å². The zero-order chi connectivity index (χ0) is 13.8. The van der Waals surface area contributed by atoms with Gasteiger partial charge in [0.1, 0.15) is 6.04 Å². The molecule has 1 saturated heterocycles. The largest absolute Gasteiger partial charge is 0.480 e. The minimum absolute atomic E-state index is 0.0194. The van der Waals surface area contributed by atoms with E-state index in [9.17, 15) is 14.7 Å². The van der Waals surface area contributed by atoms with Crippen molar-refractivity contribution in [1.82, 2.24) is 10.2 Å². The molecule has 2 aliphatic rings. The van der Waals surface area contributed by atoms with Gasteiger partial charge in [0.05, 0.1) is 0 Å². The number of aliphatic carboxylic acids is 1. The molecule has 2 fully saturated rings. The standard InChI is InChI=1S/C14H24N2O3/c1-2-15-13(17)7-8-16-11-6-4-3-5-10(11)9-12(16)14(18)19/h10-12H,2-9H2,1H3,(H,15,17)(H,18,19). The van der Waals surface area contributed by atoms with Gasteiger partial charge >= 0.3 is 5.97 Å². The molecule has 5 nitrogen and oxygen atoms in total. The monoisotopic (exact) mass is 268 g/mol. The van der Waals surface area contributed by atoms with Crippen LogP contribution in [0.4, 0.5) is 0 Å². The number of amides is 1. The number of fused-ring (bicyclic) bond motifs is 1. The number of carbonyl (C=O) groups is 2. The van der Waals surface area contributed by atoms with Gasteiger partial charge < -0.3 is 10.4 Å². The Morgan fingerprint density at radius 3 is 2.74 bits per heavy atom. The normalized spacial score (nSPS) is 30.9. The van der Waals surface area contributed by atoms with Crippen molar-refractivity contribution in [3.05, 3.63) is 0 Å². The van der Waals surface area contributed by atoms with Crippen molar-refractivity contribution >= 4 is 11.9 Å². The number of nitrogens with one attached hydrogen (secondary N) is 1. The Morgan fingerprint density at radius 1 is 1.32 bits per heavy atom. The lowest BCUT2D eigenvalue weighted by Crippen LogP contribution is -2.44. The van der Waals surface area contributed by atoms with Crippen molar-refractivity contribution in [2.75, 3.05) is 13.1 Å². The third kappa shape index (κ3) is 3.26. The fourth-order valence-corrected chi connectivity index (χ4v) is 3.63. The summed E-state index contributed by atoms with van der Waals surface area (Å²) in [7, 11) is 0. The zero-order valence-electron chi connectivity index (χ0n) is 11.6. The lowest BCUT2D eigenvalue weighted by atomic mass is 9.85. The first-order valence-corrected chi connectivity index (χ1v) is 7.38. The first-order valence-electron chi connectivity index (χ1n) is 7.38. The summed E-state index contributed by atoms with van der Waals surface area (Å²) in [5, 5.41) is 12.1. The summed E-state index contributed by atoms with van der Waals surface area (Å²) in [6, 6.07) is -0.00759. The number of carbonyl (C=O) groups excluding carboxylic acids is 1. The van der Waals surface area contributed by atoms with Crippen molar-refractivity contribution in [3.63, 3.8) is 0 Å². The number of nitrogens with zero attached hydrogens (tertiary/aromatic N) is 1. The molecule has 3 unspecified atom stereocenters. The van der Waals surface area contributed by atoms with Crippen molar-refractivity contribution in [2.45, 2.75) is 57.5 Å². The SMILES string of the molecule is CCNC(=O)CCN1C(C(=O)O)CC2CCCCC21. The van der Waals surface area contributed by atoms with E-state index in [1.54, 1.807) is 0 Å². The third-order valence-corrected chi connectivity index (χ3v) is 4.48. The Morgan fingerprint density at radius 2 is 2.05 bits per heavy atom. The van der Waals surface area contributed by atoms with Crippen LogP contribution in [0.1, 0.15) is 45.4 Å². The van der Waals surface area contributed by atoms with E-state index in [1.165, 1.54) is 12.8 Å². The smallest absolute Gasteiger partial charge is 0.320 e. The van der Waals surface area contributed by atoms with Crippen LogP contribution in [-0.2, 0) is 9.59 Å². The number of carboxylic acid groups (broad SMARTS) is 1. The quantitative estimate of drug-likeness (QED) is 0.787. The van der Waals surface area contributed by atoms with Gasteiger partial charge in [-0.25, -0.2) is 0 Å². The molecule has 5 heteroatoms. The molecule has 1 aliphatic heterocycles. The van der Waals surface area contributed by atoms with Crippen molar-refractivity contribution in [2.24, 2.45) is 5.92 Å². The highest BCUT2D eigenvalue weighted by molar-refractivity contribution is 5.76. The number of hydrogen-bond acceptors (Lipinski definition) is 3. The van der Waals surface area contributed by atoms with E-state index in [0.717, 1.165) is 19.3 Å². The van der Waals surface area contributed by atoms with E-state index in [-0.39, 0.29) is 11.9 Å². The zero-order valence-corrected chi connectivity index (χ0v) is 11.6. The molecule has 1 heterocycles. The molecular formula is C14H24N2O3. The second-order valence-corrected chi connectivity index (χ2v) is 5.64. The molecule has 1 saturated carbocycles. The van der Waals surface area contributed by atoms with Gasteiger partial charge in [-0.1, -0.05) is 12.8 Å². The summed E-state index contributed by atoms with van der Waals surface area (Å²) in [4.78, 5) is 25.0. The van der Waals surface area contributed by atoms with E-state index in [2.05, 4.69) is 10.2 Å². The van der Waals surface area contributed by atoms with Crippen LogP contribution in [0.25, 0.3) is 0 Å². The number of likely N-dealkylation sites (tertiary alicyclic amines) is 1. The molecule has 1 amide bonds. The predicted molar refractivity (Wildman–Crippen MR) is 71.8 cm³/mol. The molecule has 0 spiro atoms. The van der Waals surface area contributed by atoms with Crippen LogP contribution in [0.15, 0.2) is 0 Å². The van der Waals surface area contributed by atoms with Gasteiger partial charge in [-0.15, -0.1) is 0 Å². The van der Waals surface area contributed by atoms with Crippen LogP contribution < -0.4 is 5.32 Å². The van der Waals surface area contributed by atoms with Gasteiger partial charge in [-0.05, 0) is 32.1 Å². The molecule has 0 radical (unpaired) electrons. The Bertz CT molecular complexity index is 346. The second kappa shape index (κ2) is 6.37. The summed E-state index contributed by atoms with van der Waals surface area (Å²) in [5.74, 6) is -0.194. The summed E-state index contributed by atoms with van der Waals surface area (Å²) < 4.78 is 0. The fourth-order valence-electron chi connectivity index (χ4n) is 3.63. The molecule has 2 N–H and O–H groups in total. The van der Waals surface area contributed by atoms with Crippen molar-refractivity contribution in [1.29, 1.82) is 0 Å². The molecule has 108 valence electrons. The molecule has 19 heavy (non-hydrogen) atoms. The molecule has 0 aromatic rings. The van der Waals surface area contributed by atoms with Crippen LogP contribution in [-0.4, -0.2) is 47.1 Å².